The molecular formula is C13H19N3. The van der Waals surface area contributed by atoms with Gasteiger partial charge in [-0.2, -0.15) is 5.26 Å². The van der Waals surface area contributed by atoms with E-state index >= 15 is 0 Å². The summed E-state index contributed by atoms with van der Waals surface area (Å²) in [5.74, 6) is 0.851. The molecule has 1 aromatic heterocycles. The van der Waals surface area contributed by atoms with E-state index in [4.69, 9.17) is 5.26 Å². The summed E-state index contributed by atoms with van der Waals surface area (Å²) in [6, 6.07) is 5.73. The highest BCUT2D eigenvalue weighted by molar-refractivity contribution is 5.41. The van der Waals surface area contributed by atoms with E-state index in [9.17, 15) is 0 Å². The lowest BCUT2D eigenvalue weighted by Crippen LogP contribution is -2.36. The van der Waals surface area contributed by atoms with E-state index in [-0.39, 0.29) is 5.54 Å². The molecule has 0 radical (unpaired) electrons. The maximum absolute atomic E-state index is 8.69. The molecule has 0 atom stereocenters. The molecule has 0 amide bonds. The first-order valence-corrected chi connectivity index (χ1v) is 5.84. The monoisotopic (exact) mass is 217 g/mol. The van der Waals surface area contributed by atoms with Crippen LogP contribution in [0.1, 0.15) is 45.6 Å². The minimum Gasteiger partial charge on any atom is -0.365 e. The van der Waals surface area contributed by atoms with Gasteiger partial charge in [-0.15, -0.1) is 0 Å². The van der Waals surface area contributed by atoms with Crippen LogP contribution in [0.2, 0.25) is 0 Å². The summed E-state index contributed by atoms with van der Waals surface area (Å²) in [5, 5.41) is 12.2. The SMILES string of the molecule is CCC(CC)(CC)Nc1ccc(C#N)cn1. The van der Waals surface area contributed by atoms with Crippen LogP contribution >= 0.6 is 0 Å². The highest BCUT2D eigenvalue weighted by Gasteiger charge is 2.23. The molecule has 0 saturated carbocycles. The number of pyridine rings is 1. The molecule has 0 fully saturated rings. The normalized spacial score (nSPS) is 10.9. The molecule has 0 aromatic carbocycles. The van der Waals surface area contributed by atoms with Crippen molar-refractivity contribution in [3.8, 4) is 6.07 Å². The predicted octanol–water partition coefficient (Wildman–Crippen LogP) is 3.33. The molecule has 0 unspecified atom stereocenters. The number of hydrogen-bond acceptors (Lipinski definition) is 3. The third kappa shape index (κ3) is 2.73. The van der Waals surface area contributed by atoms with Crippen molar-refractivity contribution in [2.75, 3.05) is 5.32 Å². The first-order valence-electron chi connectivity index (χ1n) is 5.84. The van der Waals surface area contributed by atoms with E-state index in [2.05, 4.69) is 37.1 Å². The summed E-state index contributed by atoms with van der Waals surface area (Å²) in [6.45, 7) is 6.55. The van der Waals surface area contributed by atoms with E-state index in [1.807, 2.05) is 6.07 Å². The number of aromatic nitrogens is 1. The van der Waals surface area contributed by atoms with Crippen LogP contribution in [0.15, 0.2) is 18.3 Å². The van der Waals surface area contributed by atoms with Crippen molar-refractivity contribution >= 4 is 5.82 Å². The minimum absolute atomic E-state index is 0.126. The smallest absolute Gasteiger partial charge is 0.126 e. The number of rotatable bonds is 5. The highest BCUT2D eigenvalue weighted by atomic mass is 15.0. The molecule has 0 spiro atoms. The summed E-state index contributed by atoms with van der Waals surface area (Å²) >= 11 is 0. The zero-order chi connectivity index (χ0) is 12.0. The average Bonchev–Trinajstić information content (AvgIpc) is 2.37. The molecule has 1 aromatic rings. The van der Waals surface area contributed by atoms with Gasteiger partial charge in [-0.1, -0.05) is 20.8 Å². The Balaban J connectivity index is 2.82. The van der Waals surface area contributed by atoms with Crippen LogP contribution in [-0.2, 0) is 0 Å². The summed E-state index contributed by atoms with van der Waals surface area (Å²) in [5.41, 5.74) is 0.724. The zero-order valence-corrected chi connectivity index (χ0v) is 10.2. The minimum atomic E-state index is 0.126. The van der Waals surface area contributed by atoms with Gasteiger partial charge in [0.15, 0.2) is 0 Å². The lowest BCUT2D eigenvalue weighted by molar-refractivity contribution is 0.419. The van der Waals surface area contributed by atoms with Crippen molar-refractivity contribution in [1.29, 1.82) is 5.26 Å². The van der Waals surface area contributed by atoms with Crippen LogP contribution in [0.5, 0.6) is 0 Å². The fourth-order valence-electron chi connectivity index (χ4n) is 1.82. The Hall–Kier alpha value is -1.56. The number of nitrogens with one attached hydrogen (secondary N) is 1. The molecule has 16 heavy (non-hydrogen) atoms. The molecule has 1 N–H and O–H groups in total. The molecule has 3 nitrogen and oxygen atoms in total. The van der Waals surface area contributed by atoms with Gasteiger partial charge in [-0.3, -0.25) is 0 Å². The van der Waals surface area contributed by atoms with Gasteiger partial charge >= 0.3 is 0 Å². The second-order valence-corrected chi connectivity index (χ2v) is 4.01. The van der Waals surface area contributed by atoms with Gasteiger partial charge < -0.3 is 5.32 Å². The Labute approximate surface area is 97.5 Å². The van der Waals surface area contributed by atoms with E-state index in [0.29, 0.717) is 5.56 Å². The predicted molar refractivity (Wildman–Crippen MR) is 66.2 cm³/mol. The maximum Gasteiger partial charge on any atom is 0.126 e. The molecule has 3 heteroatoms. The third-order valence-corrected chi connectivity index (χ3v) is 3.32. The topological polar surface area (TPSA) is 48.7 Å². The Morgan fingerprint density at radius 2 is 1.88 bits per heavy atom. The van der Waals surface area contributed by atoms with Gasteiger partial charge in [0.1, 0.15) is 11.9 Å². The zero-order valence-electron chi connectivity index (χ0n) is 10.2. The Morgan fingerprint density at radius 1 is 1.25 bits per heavy atom. The average molecular weight is 217 g/mol. The second-order valence-electron chi connectivity index (χ2n) is 4.01. The molecule has 0 aliphatic rings. The fraction of sp³-hybridized carbons (Fsp3) is 0.538. The number of hydrogen-bond donors (Lipinski definition) is 1. The van der Waals surface area contributed by atoms with Crippen molar-refractivity contribution in [3.05, 3.63) is 23.9 Å². The van der Waals surface area contributed by atoms with Crippen LogP contribution in [0, 0.1) is 11.3 Å². The van der Waals surface area contributed by atoms with Crippen molar-refractivity contribution < 1.29 is 0 Å². The second kappa shape index (κ2) is 5.50. The standard InChI is InChI=1S/C13H19N3/c1-4-13(5-2,6-3)16-12-8-7-11(9-14)10-15-12/h7-8,10H,4-6H2,1-3H3,(H,15,16). The Bertz CT molecular complexity index is 349. The first-order chi connectivity index (χ1) is 7.69. The highest BCUT2D eigenvalue weighted by Crippen LogP contribution is 2.24. The molecule has 0 aliphatic carbocycles. The molecular weight excluding hydrogens is 198 g/mol. The van der Waals surface area contributed by atoms with Gasteiger partial charge in [0.05, 0.1) is 5.56 Å². The van der Waals surface area contributed by atoms with E-state index in [1.54, 1.807) is 12.3 Å². The Kier molecular flexibility index (Phi) is 4.30. The summed E-state index contributed by atoms with van der Waals surface area (Å²) in [6.07, 6.45) is 4.82. The van der Waals surface area contributed by atoms with E-state index < -0.39 is 0 Å². The fourth-order valence-corrected chi connectivity index (χ4v) is 1.82. The van der Waals surface area contributed by atoms with Crippen LogP contribution in [0.4, 0.5) is 5.82 Å². The summed E-state index contributed by atoms with van der Waals surface area (Å²) in [4.78, 5) is 4.24. The third-order valence-electron chi connectivity index (χ3n) is 3.32. The van der Waals surface area contributed by atoms with Gasteiger partial charge in [-0.25, -0.2) is 4.98 Å². The van der Waals surface area contributed by atoms with Crippen LogP contribution in [0.3, 0.4) is 0 Å². The number of nitriles is 1. The van der Waals surface area contributed by atoms with E-state index in [1.165, 1.54) is 0 Å². The van der Waals surface area contributed by atoms with Gasteiger partial charge in [0.25, 0.3) is 0 Å². The molecule has 1 rings (SSSR count). The molecule has 0 bridgehead atoms. The maximum atomic E-state index is 8.69. The van der Waals surface area contributed by atoms with Crippen LogP contribution < -0.4 is 5.32 Å². The number of anilines is 1. The largest absolute Gasteiger partial charge is 0.365 e. The quantitative estimate of drug-likeness (QED) is 0.823. The van der Waals surface area contributed by atoms with E-state index in [0.717, 1.165) is 25.1 Å². The van der Waals surface area contributed by atoms with Crippen molar-refractivity contribution in [1.82, 2.24) is 4.98 Å². The molecule has 0 saturated heterocycles. The van der Waals surface area contributed by atoms with Gasteiger partial charge in [-0.05, 0) is 31.4 Å². The van der Waals surface area contributed by atoms with Crippen LogP contribution in [-0.4, -0.2) is 10.5 Å². The lowest BCUT2D eigenvalue weighted by Gasteiger charge is -2.32. The summed E-state index contributed by atoms with van der Waals surface area (Å²) in [7, 11) is 0. The Morgan fingerprint density at radius 3 is 2.25 bits per heavy atom. The molecule has 1 heterocycles. The van der Waals surface area contributed by atoms with Crippen molar-refractivity contribution in [2.24, 2.45) is 0 Å². The lowest BCUT2D eigenvalue weighted by atomic mass is 9.90. The van der Waals surface area contributed by atoms with Gasteiger partial charge in [0.2, 0.25) is 0 Å². The first kappa shape index (κ1) is 12.5. The molecule has 0 aliphatic heterocycles. The van der Waals surface area contributed by atoms with Crippen molar-refractivity contribution in [3.63, 3.8) is 0 Å². The summed E-state index contributed by atoms with van der Waals surface area (Å²) < 4.78 is 0. The van der Waals surface area contributed by atoms with Crippen LogP contribution in [0.25, 0.3) is 0 Å². The van der Waals surface area contributed by atoms with Gasteiger partial charge in [0, 0.05) is 11.7 Å². The van der Waals surface area contributed by atoms with Crippen molar-refractivity contribution in [2.45, 2.75) is 45.6 Å². The molecule has 86 valence electrons. The number of nitrogens with zero attached hydrogens (tertiary/aromatic N) is 2.